The molecule has 1 heterocycles. The Hall–Kier alpha value is -12.2. The molecule has 28 heteroatoms. The number of hydrogen-bond acceptors (Lipinski definition) is 28. The highest BCUT2D eigenvalue weighted by atomic mass is 32.1. The molecule has 27 nitrogen and oxygen atoms in total. The number of benzene rings is 6. The first-order valence-electron chi connectivity index (χ1n) is 42.8. The maximum absolute atomic E-state index is 13.3. The molecule has 7 aromatic rings. The van der Waals surface area contributed by atoms with Crippen LogP contribution in [0.4, 0.5) is 5.13 Å². The molecule has 0 bridgehead atoms. The van der Waals surface area contributed by atoms with E-state index in [-0.39, 0.29) is 77.7 Å². The highest BCUT2D eigenvalue weighted by Crippen LogP contribution is 2.36. The maximum atomic E-state index is 13.3. The summed E-state index contributed by atoms with van der Waals surface area (Å²) in [4.78, 5) is 121. The minimum Gasteiger partial charge on any atom is -0.497 e. The van der Waals surface area contributed by atoms with Gasteiger partial charge in [0.1, 0.15) is 57.6 Å². The van der Waals surface area contributed by atoms with Gasteiger partial charge in [-0.3, -0.25) is 24.2 Å². The lowest BCUT2D eigenvalue weighted by molar-refractivity contribution is -0.142. The number of nitrogens with one attached hydrogen (secondary N) is 1. The van der Waals surface area contributed by atoms with Gasteiger partial charge in [-0.25, -0.2) is 39.2 Å². The van der Waals surface area contributed by atoms with Gasteiger partial charge in [-0.2, -0.15) is 0 Å². The molecule has 9 rings (SSSR count). The Morgan fingerprint density at radius 2 is 0.730 bits per heavy atom. The second-order valence-corrected chi connectivity index (χ2v) is 30.2. The van der Waals surface area contributed by atoms with Crippen LogP contribution < -0.4 is 48.3 Å². The Morgan fingerprint density at radius 3 is 1.10 bits per heavy atom. The second-order valence-electron chi connectivity index (χ2n) is 29.2. The van der Waals surface area contributed by atoms with Crippen molar-refractivity contribution in [2.75, 3.05) is 92.8 Å². The number of carbonyl (C=O) groups excluding carboxylic acids is 10. The minimum atomic E-state index is -0.444. The standard InChI is InChI=1S/C36H45N3O6S.C17H22O5.C16H22O4.C15H18O5.C14H18O4/c1-4-5-20-39(36-38-31-8-6-7-9-33(31)46-36)37-22-29-21-30(44-34(42)27-14-10-25(11-15-27)23(2)40)18-19-32(29)45-35(43)28-16-12-26(13-17-28)24(3)41;1-3-16(18)21-12-6-4-5-7-13-22-17(19)14-8-10-15(20-2)11-9-14;1-3-16(17)20-13-7-5-4-6-12-19-15-10-8-14(18-2)9-11-15;1-3-14(16)19-10-4-5-11-20-15(17)12-6-8-13(18-2)9-7-12;1-3-14(15)18-11-5-4-10-17-13-8-6-12(16-2)7-9-13/h6-9,18-19,21,25-28,37H,4-5,10-17,20,22H2,1-3H3;3,8-11H,1,4-7,12-13H2,2H3;3,8-11H,1,4-7,12-13H2,2H3;3,6-9H,1,4-5,10-11H2,2H3;3,6-9H,1,4-5,10-11H2,2H3. The van der Waals surface area contributed by atoms with Gasteiger partial charge in [0.15, 0.2) is 0 Å². The van der Waals surface area contributed by atoms with Crippen molar-refractivity contribution >= 4 is 86.0 Å². The van der Waals surface area contributed by atoms with Gasteiger partial charge in [0.25, 0.3) is 0 Å². The molecule has 0 radical (unpaired) electrons. The predicted molar refractivity (Wildman–Crippen MR) is 482 cm³/mol. The number of methoxy groups -OCH3 is 4. The summed E-state index contributed by atoms with van der Waals surface area (Å²) in [7, 11) is 6.40. The van der Waals surface area contributed by atoms with E-state index in [1.54, 1.807) is 120 Å². The van der Waals surface area contributed by atoms with E-state index in [0.717, 1.165) is 140 Å². The number of para-hydroxylation sites is 1. The van der Waals surface area contributed by atoms with Crippen LogP contribution >= 0.6 is 11.3 Å². The van der Waals surface area contributed by atoms with Gasteiger partial charge in [-0.05, 0) is 276 Å². The fraction of sp³-hybridized carbons (Fsp3) is 0.439. The molecule has 126 heavy (non-hydrogen) atoms. The number of ether oxygens (including phenoxy) is 14. The van der Waals surface area contributed by atoms with E-state index < -0.39 is 11.9 Å². The number of esters is 8. The fourth-order valence-electron chi connectivity index (χ4n) is 12.6. The highest BCUT2D eigenvalue weighted by Gasteiger charge is 2.32. The third-order valence-corrected chi connectivity index (χ3v) is 21.1. The van der Waals surface area contributed by atoms with Gasteiger partial charge in [0.2, 0.25) is 5.13 Å². The molecule has 682 valence electrons. The SMILES string of the molecule is C=CC(=O)OCCCCCCOC(=O)c1ccc(OC)cc1.C=CC(=O)OCCCCCCOc1ccc(OC)cc1.C=CC(=O)OCCCCOC(=O)c1ccc(OC)cc1.C=CC(=O)OCCCCOc1ccc(OC)cc1.CCCCN(NCc1cc(OC(=O)C2CCC(C(C)=O)CC2)ccc1OC(=O)C1CCC(C(C)=O)CC1)c1nc2ccccc2s1. The van der Waals surface area contributed by atoms with Crippen molar-refractivity contribution in [3.8, 4) is 46.0 Å². The van der Waals surface area contributed by atoms with E-state index in [0.29, 0.717) is 157 Å². The molecule has 0 amide bonds. The summed E-state index contributed by atoms with van der Waals surface area (Å²) in [5.41, 5.74) is 6.10. The number of rotatable bonds is 49. The molecule has 2 aliphatic carbocycles. The predicted octanol–water partition coefficient (Wildman–Crippen LogP) is 18.7. The third-order valence-electron chi connectivity index (χ3n) is 20.0. The van der Waals surface area contributed by atoms with Crippen LogP contribution in [-0.4, -0.2) is 152 Å². The zero-order valence-electron chi connectivity index (χ0n) is 74.0. The van der Waals surface area contributed by atoms with Crippen molar-refractivity contribution in [3.05, 3.63) is 207 Å². The number of fused-ring (bicyclic) bond motifs is 1. The van der Waals surface area contributed by atoms with Gasteiger partial charge in [-0.1, -0.05) is 63.1 Å². The summed E-state index contributed by atoms with van der Waals surface area (Å²) in [5.74, 6) is 2.48. The number of hydrazine groups is 1. The number of ketones is 2. The molecule has 0 aliphatic heterocycles. The molecule has 0 atom stereocenters. The Bertz CT molecular complexity index is 4420. The van der Waals surface area contributed by atoms with E-state index in [9.17, 15) is 47.9 Å². The lowest BCUT2D eigenvalue weighted by Crippen LogP contribution is -2.38. The molecule has 2 aliphatic rings. The summed E-state index contributed by atoms with van der Waals surface area (Å²) in [6.07, 6.45) is 22.1. The van der Waals surface area contributed by atoms with Crippen LogP contribution in [0.15, 0.2) is 190 Å². The maximum Gasteiger partial charge on any atom is 0.338 e. The van der Waals surface area contributed by atoms with E-state index in [1.807, 2.05) is 71.7 Å². The van der Waals surface area contributed by atoms with Crippen LogP contribution in [0.2, 0.25) is 0 Å². The molecule has 6 aromatic carbocycles. The number of thiazole rings is 1. The van der Waals surface area contributed by atoms with Crippen molar-refractivity contribution in [2.24, 2.45) is 23.7 Å². The van der Waals surface area contributed by atoms with Crippen molar-refractivity contribution < 1.29 is 114 Å². The first-order valence-corrected chi connectivity index (χ1v) is 43.7. The molecular formula is C98H125N3O24S. The normalized spacial score (nSPS) is 14.0. The Kier molecular flexibility index (Phi) is 51.4. The van der Waals surface area contributed by atoms with Gasteiger partial charge in [-0.15, -0.1) is 0 Å². The first kappa shape index (κ1) is 104. The summed E-state index contributed by atoms with van der Waals surface area (Å²) >= 11 is 1.61. The first-order chi connectivity index (χ1) is 61.1. The Balaban J connectivity index is 0.000000299. The summed E-state index contributed by atoms with van der Waals surface area (Å²) in [5, 5.41) is 2.88. The lowest BCUT2D eigenvalue weighted by Gasteiger charge is -2.27. The number of Topliss-reactive ketones (excluding diaryl/α,β-unsaturated/α-hetero) is 2. The molecule has 0 unspecified atom stereocenters. The second kappa shape index (κ2) is 62.0. The van der Waals surface area contributed by atoms with Crippen molar-refractivity contribution in [2.45, 2.75) is 169 Å². The van der Waals surface area contributed by atoms with Crippen molar-refractivity contribution in [1.82, 2.24) is 10.4 Å². The number of aromatic nitrogens is 1. The van der Waals surface area contributed by atoms with Gasteiger partial charge in [0.05, 0.1) is 114 Å². The summed E-state index contributed by atoms with van der Waals surface area (Å²) in [6.45, 7) is 23.2. The minimum absolute atomic E-state index is 0.0203. The van der Waals surface area contributed by atoms with E-state index in [1.165, 1.54) is 6.08 Å². The number of carbonyl (C=O) groups is 10. The molecular weight excluding hydrogens is 1640 g/mol. The van der Waals surface area contributed by atoms with E-state index in [2.05, 4.69) is 44.7 Å². The van der Waals surface area contributed by atoms with Crippen molar-refractivity contribution in [3.63, 3.8) is 0 Å². The third kappa shape index (κ3) is 42.0. The molecule has 0 saturated heterocycles. The summed E-state index contributed by atoms with van der Waals surface area (Å²) in [6, 6.07) is 41.6. The Morgan fingerprint density at radius 1 is 0.397 bits per heavy atom. The van der Waals surface area contributed by atoms with E-state index >= 15 is 0 Å². The number of hydrogen-bond donors (Lipinski definition) is 1. The van der Waals surface area contributed by atoms with Crippen LogP contribution in [-0.2, 0) is 73.3 Å². The van der Waals surface area contributed by atoms with Crippen LogP contribution in [0.25, 0.3) is 10.2 Å². The van der Waals surface area contributed by atoms with Gasteiger partial charge in [0, 0.05) is 54.8 Å². The molecule has 0 spiro atoms. The van der Waals surface area contributed by atoms with Gasteiger partial charge >= 0.3 is 47.8 Å². The smallest absolute Gasteiger partial charge is 0.338 e. The van der Waals surface area contributed by atoms with Crippen LogP contribution in [0.5, 0.6) is 46.0 Å². The van der Waals surface area contributed by atoms with Crippen LogP contribution in [0.3, 0.4) is 0 Å². The average Bonchev–Trinajstić information content (AvgIpc) is 1.59. The zero-order valence-corrected chi connectivity index (χ0v) is 74.8. The average molecular weight is 1760 g/mol. The summed E-state index contributed by atoms with van der Waals surface area (Å²) < 4.78 is 73.9. The highest BCUT2D eigenvalue weighted by molar-refractivity contribution is 7.22. The monoisotopic (exact) mass is 1760 g/mol. The number of anilines is 1. The molecule has 2 saturated carbocycles. The van der Waals surface area contributed by atoms with E-state index in [4.69, 9.17) is 71.3 Å². The quantitative estimate of drug-likeness (QED) is 0.00924. The van der Waals surface area contributed by atoms with Crippen LogP contribution in [0, 0.1) is 23.7 Å². The molecule has 1 aromatic heterocycles. The Labute approximate surface area is 744 Å². The lowest BCUT2D eigenvalue weighted by atomic mass is 9.80. The largest absolute Gasteiger partial charge is 0.497 e. The van der Waals surface area contributed by atoms with Crippen LogP contribution in [0.1, 0.15) is 188 Å². The topological polar surface area (TPSA) is 328 Å². The molecule has 2 fully saturated rings. The van der Waals surface area contributed by atoms with Crippen molar-refractivity contribution in [1.29, 1.82) is 0 Å². The number of unbranched alkanes of at least 4 members (excludes halogenated alkanes) is 9. The molecule has 1 N–H and O–H groups in total. The fourth-order valence-corrected chi connectivity index (χ4v) is 13.5. The van der Waals surface area contributed by atoms with Gasteiger partial charge < -0.3 is 66.3 Å². The zero-order chi connectivity index (χ0) is 91.5. The number of nitrogens with zero attached hydrogens (tertiary/aromatic N) is 2.